The van der Waals surface area contributed by atoms with Gasteiger partial charge in [0, 0.05) is 67.5 Å². The van der Waals surface area contributed by atoms with Crippen molar-refractivity contribution in [2.45, 2.75) is 55.6 Å². The van der Waals surface area contributed by atoms with Crippen molar-refractivity contribution in [3.8, 4) is 0 Å². The van der Waals surface area contributed by atoms with Gasteiger partial charge in [-0.2, -0.15) is 0 Å². The van der Waals surface area contributed by atoms with Gasteiger partial charge < -0.3 is 32.9 Å². The summed E-state index contributed by atoms with van der Waals surface area (Å²) in [5.41, 5.74) is -0.121. The number of carboxylic acids is 1. The molecule has 2 fully saturated rings. The Hall–Kier alpha value is -5.18. The lowest BCUT2D eigenvalue weighted by Crippen LogP contribution is -2.62. The molecule has 4 aliphatic heterocycles. The number of benzene rings is 1. The summed E-state index contributed by atoms with van der Waals surface area (Å²) in [6, 6.07) is 6.37. The summed E-state index contributed by atoms with van der Waals surface area (Å²) in [5.74, 6) is -5.38. The lowest BCUT2D eigenvalue weighted by Gasteiger charge is -2.49. The number of anilines is 1. The molecule has 2 saturated heterocycles. The summed E-state index contributed by atoms with van der Waals surface area (Å²) in [5, 5.41) is 11.2. The molecule has 0 spiro atoms. The van der Waals surface area contributed by atoms with E-state index in [4.69, 9.17) is 18.3 Å². The first-order valence-corrected chi connectivity index (χ1v) is 21.0. The quantitative estimate of drug-likeness (QED) is 0.149. The Balaban J connectivity index is 0.926. The monoisotopic (exact) mass is 854 g/mol. The molecule has 16 nitrogen and oxygen atoms in total. The van der Waals surface area contributed by atoms with Crippen LogP contribution in [0, 0.1) is 11.7 Å². The van der Waals surface area contributed by atoms with Crippen LogP contribution in [0.2, 0.25) is 0 Å². The standard InChI is InChI=1S/C38H35FN4O12S3/c1-18-42-26-13-27(25(39)12-23(26)32(46)30(36(48)49)35(42)58-18)41-7-5-40(6-8-41)14-28-29(55-38(51)54-28)16-53-37(50)31-20(15-52-19(2)44)17-57-34-24(33(47)43(31)34)11-21(45)10-22-4-3-9-56-22/h3-4,9,12-13,18,24,34H,5-8,10-11,14-17H2,1-2H3,(H,48,49)/t18?,24-,34-/m1/s1. The molecule has 4 aliphatic rings. The fourth-order valence-electron chi connectivity index (χ4n) is 7.61. The van der Waals surface area contributed by atoms with Gasteiger partial charge in [0.1, 0.15) is 29.5 Å². The van der Waals surface area contributed by atoms with Gasteiger partial charge in [-0.3, -0.25) is 29.0 Å². The molecule has 58 heavy (non-hydrogen) atoms. The number of Topliss-reactive ketones (excluding diaryl/α,β-unsaturated/α-hetero) is 1. The second-order valence-electron chi connectivity index (χ2n) is 14.1. The van der Waals surface area contributed by atoms with E-state index in [1.54, 1.807) is 10.6 Å². The summed E-state index contributed by atoms with van der Waals surface area (Å²) in [6.07, 6.45) is 0.221. The first kappa shape index (κ1) is 39.6. The Morgan fingerprint density at radius 2 is 1.78 bits per heavy atom. The molecule has 7 heterocycles. The Labute approximate surface area is 340 Å². The van der Waals surface area contributed by atoms with Crippen LogP contribution in [0.4, 0.5) is 10.1 Å². The number of thioether (sulfide) groups is 2. The van der Waals surface area contributed by atoms with Crippen molar-refractivity contribution in [3.05, 3.63) is 89.5 Å². The van der Waals surface area contributed by atoms with E-state index in [1.165, 1.54) is 46.7 Å². The Morgan fingerprint density at radius 3 is 2.47 bits per heavy atom. The number of fused-ring (bicyclic) bond motifs is 4. The van der Waals surface area contributed by atoms with E-state index < -0.39 is 58.8 Å². The van der Waals surface area contributed by atoms with Crippen molar-refractivity contribution in [1.29, 1.82) is 0 Å². The highest BCUT2D eigenvalue weighted by molar-refractivity contribution is 8.00. The highest BCUT2D eigenvalue weighted by atomic mass is 32.2. The highest BCUT2D eigenvalue weighted by Gasteiger charge is 2.54. The first-order chi connectivity index (χ1) is 27.8. The van der Waals surface area contributed by atoms with Crippen LogP contribution in [0.3, 0.4) is 0 Å². The van der Waals surface area contributed by atoms with E-state index >= 15 is 4.39 Å². The Morgan fingerprint density at radius 1 is 1.02 bits per heavy atom. The number of ether oxygens (including phenoxy) is 2. The first-order valence-electron chi connectivity index (χ1n) is 18.2. The number of hydrogen-bond donors (Lipinski definition) is 1. The highest BCUT2D eigenvalue weighted by Crippen LogP contribution is 2.47. The second-order valence-corrected chi connectivity index (χ2v) is 17.6. The molecular weight excluding hydrogens is 820 g/mol. The third-order valence-electron chi connectivity index (χ3n) is 10.4. The SMILES string of the molecule is CC(=O)OCC1=C(C(=O)OCc2oc(=O)oc2CN2CCN(c3cc4c(cc3F)c(=O)c(C(=O)O)c3n4C(C)S3)CC2)N2C(=O)[C@@H](CC(=O)Cc3cccs3)[C@H]2SC1. The average Bonchev–Trinajstić information content (AvgIpc) is 3.83. The molecule has 3 aromatic heterocycles. The van der Waals surface area contributed by atoms with Crippen LogP contribution in [0.1, 0.15) is 52.4 Å². The molecular formula is C38H35FN4O12S3. The summed E-state index contributed by atoms with van der Waals surface area (Å²) in [7, 11) is 0. The number of aromatic carboxylic acids is 1. The minimum Gasteiger partial charge on any atom is -0.477 e. The molecule has 3 atom stereocenters. The third-order valence-corrected chi connectivity index (χ3v) is 13.9. The van der Waals surface area contributed by atoms with Gasteiger partial charge in [0.2, 0.25) is 11.3 Å². The maximum Gasteiger partial charge on any atom is 0.519 e. The number of thiophene rings is 1. The predicted octanol–water partition coefficient (Wildman–Crippen LogP) is 3.99. The van der Waals surface area contributed by atoms with Gasteiger partial charge in [0.15, 0.2) is 18.1 Å². The lowest BCUT2D eigenvalue weighted by atomic mass is 9.89. The number of hydrogen-bond acceptors (Lipinski definition) is 16. The summed E-state index contributed by atoms with van der Waals surface area (Å²) < 4.78 is 38.6. The zero-order valence-corrected chi connectivity index (χ0v) is 33.5. The van der Waals surface area contributed by atoms with Crippen LogP contribution >= 0.6 is 34.9 Å². The number of piperazine rings is 1. The smallest absolute Gasteiger partial charge is 0.477 e. The van der Waals surface area contributed by atoms with Crippen LogP contribution in [-0.2, 0) is 48.2 Å². The molecule has 1 N–H and O–H groups in total. The van der Waals surface area contributed by atoms with Crippen molar-refractivity contribution >= 4 is 81.0 Å². The number of pyridine rings is 1. The summed E-state index contributed by atoms with van der Waals surface area (Å²) in [6.45, 7) is 3.91. The summed E-state index contributed by atoms with van der Waals surface area (Å²) >= 11 is 4.08. The number of carbonyl (C=O) groups is 5. The van der Waals surface area contributed by atoms with Gasteiger partial charge in [-0.1, -0.05) is 17.8 Å². The molecule has 1 unspecified atom stereocenters. The molecule has 304 valence electrons. The van der Waals surface area contributed by atoms with E-state index in [1.807, 2.05) is 34.2 Å². The topological polar surface area (TPSA) is 199 Å². The van der Waals surface area contributed by atoms with Crippen LogP contribution in [-0.4, -0.2) is 93.0 Å². The van der Waals surface area contributed by atoms with Gasteiger partial charge >= 0.3 is 23.7 Å². The van der Waals surface area contributed by atoms with Crippen LogP contribution in [0.25, 0.3) is 10.9 Å². The Bertz CT molecular complexity index is 2520. The molecule has 0 radical (unpaired) electrons. The zero-order chi connectivity index (χ0) is 41.0. The van der Waals surface area contributed by atoms with E-state index in [0.717, 1.165) is 10.9 Å². The number of nitrogens with zero attached hydrogens (tertiary/aromatic N) is 4. The predicted molar refractivity (Wildman–Crippen MR) is 208 cm³/mol. The number of β-lactam (4-membered cyclic amide) rings is 1. The molecule has 0 bridgehead atoms. The fourth-order valence-corrected chi connectivity index (χ4v) is 10.9. The number of ketones is 1. The van der Waals surface area contributed by atoms with Crippen molar-refractivity contribution in [2.24, 2.45) is 5.92 Å². The van der Waals surface area contributed by atoms with E-state index in [2.05, 4.69) is 0 Å². The van der Waals surface area contributed by atoms with E-state index in [-0.39, 0.29) is 76.8 Å². The minimum absolute atomic E-state index is 0.00638. The minimum atomic E-state index is -1.36. The molecule has 1 aromatic carbocycles. The molecule has 8 rings (SSSR count). The molecule has 0 saturated carbocycles. The van der Waals surface area contributed by atoms with Gasteiger partial charge in [-0.05, 0) is 30.5 Å². The Kier molecular flexibility index (Phi) is 10.8. The largest absolute Gasteiger partial charge is 0.519 e. The van der Waals surface area contributed by atoms with Gasteiger partial charge in [-0.15, -0.1) is 23.1 Å². The van der Waals surface area contributed by atoms with Crippen molar-refractivity contribution < 1.29 is 51.8 Å². The van der Waals surface area contributed by atoms with Crippen LogP contribution < -0.4 is 16.2 Å². The van der Waals surface area contributed by atoms with Gasteiger partial charge in [0.05, 0.1) is 39.4 Å². The van der Waals surface area contributed by atoms with Crippen molar-refractivity contribution in [2.75, 3.05) is 43.4 Å². The van der Waals surface area contributed by atoms with E-state index in [9.17, 15) is 38.7 Å². The van der Waals surface area contributed by atoms with Crippen LogP contribution in [0.15, 0.2) is 64.4 Å². The summed E-state index contributed by atoms with van der Waals surface area (Å²) in [4.78, 5) is 94.6. The second kappa shape index (κ2) is 15.9. The number of amides is 1. The van der Waals surface area contributed by atoms with E-state index in [0.29, 0.717) is 42.3 Å². The number of aromatic nitrogens is 1. The third kappa shape index (κ3) is 7.37. The van der Waals surface area contributed by atoms with Crippen molar-refractivity contribution in [1.82, 2.24) is 14.4 Å². The zero-order valence-electron chi connectivity index (χ0n) is 31.0. The fraction of sp³-hybridized carbons (Fsp3) is 0.395. The number of halogens is 1. The average molecular weight is 855 g/mol. The molecule has 1 amide bonds. The molecule has 4 aromatic rings. The molecule has 0 aliphatic carbocycles. The number of esters is 2. The maximum absolute atomic E-state index is 15.5. The number of carboxylic acid groups (broad SMARTS) is 1. The lowest BCUT2D eigenvalue weighted by molar-refractivity contribution is -0.156. The number of rotatable bonds is 13. The van der Waals surface area contributed by atoms with Crippen LogP contribution in [0.5, 0.6) is 0 Å². The van der Waals surface area contributed by atoms with Gasteiger partial charge in [-0.25, -0.2) is 18.8 Å². The van der Waals surface area contributed by atoms with Crippen molar-refractivity contribution in [3.63, 3.8) is 0 Å². The maximum atomic E-state index is 15.5. The van der Waals surface area contributed by atoms with Gasteiger partial charge in [0.25, 0.3) is 0 Å². The normalized spacial score (nSPS) is 20.3. The molecule has 20 heteroatoms. The number of carbonyl (C=O) groups excluding carboxylic acids is 4.